The van der Waals surface area contributed by atoms with Gasteiger partial charge in [0.15, 0.2) is 0 Å². The van der Waals surface area contributed by atoms with Gasteiger partial charge in [0.25, 0.3) is 0 Å². The fraction of sp³-hybridized carbons (Fsp3) is 0.286. The van der Waals surface area contributed by atoms with Crippen molar-refractivity contribution in [2.24, 2.45) is 0 Å². The Balaban J connectivity index is 1.85. The van der Waals surface area contributed by atoms with Gasteiger partial charge < -0.3 is 14.2 Å². The molecule has 0 aliphatic rings. The summed E-state index contributed by atoms with van der Waals surface area (Å²) in [6, 6.07) is 13.9. The third kappa shape index (κ3) is 2.68. The summed E-state index contributed by atoms with van der Waals surface area (Å²) < 4.78 is 12.2. The maximum Gasteiger partial charge on any atom is 0.310 e. The van der Waals surface area contributed by atoms with Crippen molar-refractivity contribution in [2.45, 2.75) is 38.9 Å². The summed E-state index contributed by atoms with van der Waals surface area (Å²) in [7, 11) is 0.385. The molecule has 0 atom stereocenters. The van der Waals surface area contributed by atoms with Crippen molar-refractivity contribution in [3.8, 4) is 0 Å². The van der Waals surface area contributed by atoms with Crippen LogP contribution in [0.3, 0.4) is 0 Å². The van der Waals surface area contributed by atoms with E-state index in [-0.39, 0.29) is 0 Å². The summed E-state index contributed by atoms with van der Waals surface area (Å²) in [5, 5.41) is 13.3. The van der Waals surface area contributed by atoms with Crippen LogP contribution < -0.4 is 5.46 Å². The maximum atomic E-state index is 10.3. The maximum absolute atomic E-state index is 10.3. The highest BCUT2D eigenvalue weighted by atomic mass is 16.5. The van der Waals surface area contributed by atoms with Gasteiger partial charge in [0.05, 0.1) is 16.7 Å². The zero-order valence-corrected chi connectivity index (χ0v) is 15.5. The van der Waals surface area contributed by atoms with E-state index in [1.165, 1.54) is 0 Å². The molecule has 0 bridgehead atoms. The highest BCUT2D eigenvalue weighted by Crippen LogP contribution is 2.32. The predicted octanol–water partition coefficient (Wildman–Crippen LogP) is 3.68. The first-order valence-electron chi connectivity index (χ1n) is 8.82. The highest BCUT2D eigenvalue weighted by Gasteiger charge is 2.35. The molecule has 0 aliphatic heterocycles. The monoisotopic (exact) mass is 347 g/mol. The summed E-state index contributed by atoms with van der Waals surface area (Å²) in [6.45, 7) is 7.32. The molecule has 2 heterocycles. The van der Waals surface area contributed by atoms with Gasteiger partial charge >= 0.3 is 7.48 Å². The molecule has 2 aromatic carbocycles. The van der Waals surface area contributed by atoms with E-state index in [1.54, 1.807) is 13.8 Å². The molecule has 5 heteroatoms. The summed E-state index contributed by atoms with van der Waals surface area (Å²) in [4.78, 5) is 4.58. The van der Waals surface area contributed by atoms with E-state index in [2.05, 4.69) is 4.98 Å². The SMILES string of the molecule is CC(C)(O)C(C)(C)OBc1cccc2oc3c4ccccc4ncc3c12. The van der Waals surface area contributed by atoms with Crippen molar-refractivity contribution in [3.05, 3.63) is 48.7 Å². The number of aliphatic hydroxyl groups is 1. The Bertz CT molecular complexity index is 1110. The normalized spacial score (nSPS) is 13.0. The van der Waals surface area contributed by atoms with Crippen LogP contribution in [0.15, 0.2) is 53.1 Å². The fourth-order valence-electron chi connectivity index (χ4n) is 3.04. The molecular formula is C21H22BNO3. The molecule has 0 fully saturated rings. The molecule has 1 N–H and O–H groups in total. The first kappa shape index (κ1) is 17.1. The Hall–Kier alpha value is -2.37. The molecule has 0 spiro atoms. The summed E-state index contributed by atoms with van der Waals surface area (Å²) in [5.41, 5.74) is 1.98. The van der Waals surface area contributed by atoms with Crippen LogP contribution in [-0.4, -0.2) is 28.8 Å². The zero-order chi connectivity index (χ0) is 18.5. The molecule has 4 nitrogen and oxygen atoms in total. The quantitative estimate of drug-likeness (QED) is 0.572. The number of hydrogen-bond donors (Lipinski definition) is 1. The molecule has 0 aliphatic carbocycles. The van der Waals surface area contributed by atoms with Gasteiger partial charge in [-0.25, -0.2) is 0 Å². The van der Waals surface area contributed by atoms with Crippen LogP contribution in [0.5, 0.6) is 0 Å². The first-order chi connectivity index (χ1) is 12.3. The van der Waals surface area contributed by atoms with Gasteiger partial charge in [-0.3, -0.25) is 4.98 Å². The lowest BCUT2D eigenvalue weighted by atomic mass is 9.80. The highest BCUT2D eigenvalue weighted by molar-refractivity contribution is 6.53. The third-order valence-corrected chi connectivity index (χ3v) is 5.38. The summed E-state index contributed by atoms with van der Waals surface area (Å²) in [5.74, 6) is 0. The lowest BCUT2D eigenvalue weighted by Crippen LogP contribution is -2.49. The smallest absolute Gasteiger partial charge is 0.310 e. The number of aromatic nitrogens is 1. The van der Waals surface area contributed by atoms with Gasteiger partial charge in [0.1, 0.15) is 11.2 Å². The van der Waals surface area contributed by atoms with Gasteiger partial charge in [-0.15, -0.1) is 0 Å². The van der Waals surface area contributed by atoms with Gasteiger partial charge in [-0.05, 0) is 51.4 Å². The van der Waals surface area contributed by atoms with Crippen LogP contribution in [0.4, 0.5) is 0 Å². The van der Waals surface area contributed by atoms with Gasteiger partial charge in [0.2, 0.25) is 0 Å². The summed E-state index contributed by atoms with van der Waals surface area (Å²) >= 11 is 0. The Morgan fingerprint density at radius 1 is 1.00 bits per heavy atom. The molecule has 0 saturated carbocycles. The Kier molecular flexibility index (Phi) is 3.83. The average Bonchev–Trinajstić information content (AvgIpc) is 2.98. The average molecular weight is 347 g/mol. The van der Waals surface area contributed by atoms with Crippen molar-refractivity contribution in [1.82, 2.24) is 4.98 Å². The second kappa shape index (κ2) is 5.83. The largest absolute Gasteiger partial charge is 0.455 e. The number of pyridine rings is 1. The molecule has 26 heavy (non-hydrogen) atoms. The van der Waals surface area contributed by atoms with Gasteiger partial charge in [-0.2, -0.15) is 0 Å². The van der Waals surface area contributed by atoms with E-state index in [0.717, 1.165) is 38.3 Å². The Labute approximate surface area is 153 Å². The molecule has 132 valence electrons. The minimum atomic E-state index is -0.947. The van der Waals surface area contributed by atoms with E-state index < -0.39 is 11.2 Å². The van der Waals surface area contributed by atoms with Crippen LogP contribution in [-0.2, 0) is 4.65 Å². The van der Waals surface area contributed by atoms with Crippen molar-refractivity contribution < 1.29 is 14.2 Å². The molecule has 0 amide bonds. The number of hydrogen-bond acceptors (Lipinski definition) is 4. The molecule has 0 unspecified atom stereocenters. The van der Waals surface area contributed by atoms with Crippen LogP contribution in [0, 0.1) is 0 Å². The van der Waals surface area contributed by atoms with Crippen molar-refractivity contribution >= 4 is 45.8 Å². The van der Waals surface area contributed by atoms with Crippen molar-refractivity contribution in [2.75, 3.05) is 0 Å². The standard InChI is InChI=1S/C21H22BNO3/c1-20(2,24)21(3,4)26-22-15-9-7-11-17-18(15)14-12-23-16-10-6-5-8-13(16)19(14)25-17/h5-12,22,24H,1-4H3. The Morgan fingerprint density at radius 3 is 2.54 bits per heavy atom. The molecule has 2 aromatic heterocycles. The number of fused-ring (bicyclic) bond motifs is 5. The lowest BCUT2D eigenvalue weighted by molar-refractivity contribution is -0.0893. The van der Waals surface area contributed by atoms with Crippen molar-refractivity contribution in [3.63, 3.8) is 0 Å². The first-order valence-corrected chi connectivity index (χ1v) is 8.82. The number of nitrogens with zero attached hydrogens (tertiary/aromatic N) is 1. The van der Waals surface area contributed by atoms with Crippen LogP contribution in [0.1, 0.15) is 27.7 Å². The molecule has 0 saturated heterocycles. The van der Waals surface area contributed by atoms with Crippen LogP contribution in [0.2, 0.25) is 0 Å². The number of rotatable bonds is 4. The van der Waals surface area contributed by atoms with E-state index in [4.69, 9.17) is 9.07 Å². The van der Waals surface area contributed by atoms with E-state index >= 15 is 0 Å². The molecule has 4 rings (SSSR count). The lowest BCUT2D eigenvalue weighted by Gasteiger charge is -2.37. The van der Waals surface area contributed by atoms with Crippen LogP contribution >= 0.6 is 0 Å². The van der Waals surface area contributed by atoms with E-state index in [0.29, 0.717) is 7.48 Å². The Morgan fingerprint density at radius 2 is 1.77 bits per heavy atom. The second-order valence-corrected chi connectivity index (χ2v) is 7.77. The van der Waals surface area contributed by atoms with Crippen molar-refractivity contribution in [1.29, 1.82) is 0 Å². The minimum Gasteiger partial charge on any atom is -0.455 e. The van der Waals surface area contributed by atoms with Gasteiger partial charge in [-0.1, -0.05) is 24.3 Å². The number of para-hydroxylation sites is 1. The topological polar surface area (TPSA) is 55.5 Å². The zero-order valence-electron chi connectivity index (χ0n) is 15.5. The molecule has 0 radical (unpaired) electrons. The van der Waals surface area contributed by atoms with E-state index in [1.807, 2.05) is 62.5 Å². The molecular weight excluding hydrogens is 325 g/mol. The fourth-order valence-corrected chi connectivity index (χ4v) is 3.04. The second-order valence-electron chi connectivity index (χ2n) is 7.77. The number of furan rings is 1. The van der Waals surface area contributed by atoms with Crippen LogP contribution in [0.25, 0.3) is 32.8 Å². The van der Waals surface area contributed by atoms with Gasteiger partial charge in [0, 0.05) is 22.4 Å². The molecule has 4 aromatic rings. The predicted molar refractivity (Wildman–Crippen MR) is 107 cm³/mol. The third-order valence-electron chi connectivity index (χ3n) is 5.38. The summed E-state index contributed by atoms with van der Waals surface area (Å²) in [6.07, 6.45) is 1.87. The minimum absolute atomic E-state index is 0.385. The van der Waals surface area contributed by atoms with E-state index in [9.17, 15) is 5.11 Å². The number of benzene rings is 2.